The lowest BCUT2D eigenvalue weighted by molar-refractivity contribution is 0.380. The number of halogens is 1. The summed E-state index contributed by atoms with van der Waals surface area (Å²) in [7, 11) is 0. The van der Waals surface area contributed by atoms with Crippen LogP contribution in [0.1, 0.15) is 45.9 Å². The average Bonchev–Trinajstić information content (AvgIpc) is 3.07. The average molecular weight is 312 g/mol. The molecule has 0 unspecified atom stereocenters. The van der Waals surface area contributed by atoms with E-state index in [0.717, 1.165) is 41.5 Å². The van der Waals surface area contributed by atoms with Crippen LogP contribution in [0.25, 0.3) is 0 Å². The Morgan fingerprint density at radius 2 is 2.11 bits per heavy atom. The monoisotopic (exact) mass is 311 g/mol. The molecule has 2 rings (SSSR count). The first kappa shape index (κ1) is 13.8. The van der Waals surface area contributed by atoms with Gasteiger partial charge in [-0.1, -0.05) is 20.8 Å². The third-order valence-corrected chi connectivity index (χ3v) is 4.36. The van der Waals surface area contributed by atoms with E-state index in [1.807, 2.05) is 6.07 Å². The molecule has 4 heteroatoms. The Hall–Kier alpha value is -0.640. The molecule has 3 nitrogen and oxygen atoms in total. The van der Waals surface area contributed by atoms with Crippen molar-refractivity contribution in [3.05, 3.63) is 16.5 Å². The van der Waals surface area contributed by atoms with Gasteiger partial charge in [0, 0.05) is 19.0 Å². The zero-order chi connectivity index (χ0) is 13.2. The molecular weight excluding hydrogens is 290 g/mol. The van der Waals surface area contributed by atoms with Crippen LogP contribution in [0.2, 0.25) is 0 Å². The molecule has 0 saturated heterocycles. The predicted molar refractivity (Wildman–Crippen MR) is 78.7 cm³/mol. The van der Waals surface area contributed by atoms with E-state index in [0.29, 0.717) is 5.41 Å². The van der Waals surface area contributed by atoms with Crippen molar-refractivity contribution >= 4 is 21.7 Å². The van der Waals surface area contributed by atoms with Gasteiger partial charge in [-0.3, -0.25) is 0 Å². The highest BCUT2D eigenvalue weighted by Gasteiger charge is 2.44. The van der Waals surface area contributed by atoms with Gasteiger partial charge < -0.3 is 5.32 Å². The summed E-state index contributed by atoms with van der Waals surface area (Å²) in [6, 6.07) is 1.97. The number of rotatable bonds is 6. The van der Waals surface area contributed by atoms with Gasteiger partial charge in [0.1, 0.15) is 16.2 Å². The summed E-state index contributed by atoms with van der Waals surface area (Å²) in [6.07, 6.45) is 4.69. The van der Waals surface area contributed by atoms with Gasteiger partial charge in [-0.15, -0.1) is 0 Å². The Morgan fingerprint density at radius 3 is 2.67 bits per heavy atom. The first-order valence-corrected chi connectivity index (χ1v) is 7.62. The van der Waals surface area contributed by atoms with E-state index in [9.17, 15) is 0 Å². The van der Waals surface area contributed by atoms with Crippen LogP contribution in [-0.4, -0.2) is 16.5 Å². The van der Waals surface area contributed by atoms with E-state index in [4.69, 9.17) is 0 Å². The number of hydrogen-bond donors (Lipinski definition) is 1. The van der Waals surface area contributed by atoms with Crippen molar-refractivity contribution in [2.24, 2.45) is 11.3 Å². The molecule has 0 radical (unpaired) electrons. The summed E-state index contributed by atoms with van der Waals surface area (Å²) in [5.41, 5.74) is 0.502. The minimum atomic E-state index is 0.502. The number of anilines is 1. The molecule has 1 aromatic rings. The topological polar surface area (TPSA) is 37.8 Å². The van der Waals surface area contributed by atoms with E-state index in [1.54, 1.807) is 0 Å². The Labute approximate surface area is 118 Å². The highest BCUT2D eigenvalue weighted by molar-refractivity contribution is 9.10. The van der Waals surface area contributed by atoms with Gasteiger partial charge in [-0.2, -0.15) is 0 Å². The van der Waals surface area contributed by atoms with Crippen LogP contribution in [0.4, 0.5) is 5.82 Å². The van der Waals surface area contributed by atoms with E-state index in [-0.39, 0.29) is 0 Å². The van der Waals surface area contributed by atoms with Crippen LogP contribution in [0.15, 0.2) is 10.7 Å². The Balaban J connectivity index is 2.01. The predicted octanol–water partition coefficient (Wildman–Crippen LogP) is 4.04. The van der Waals surface area contributed by atoms with Crippen molar-refractivity contribution < 1.29 is 0 Å². The molecule has 100 valence electrons. The summed E-state index contributed by atoms with van der Waals surface area (Å²) in [5, 5.41) is 3.49. The van der Waals surface area contributed by atoms with Gasteiger partial charge in [0.2, 0.25) is 0 Å². The smallest absolute Gasteiger partial charge is 0.132 e. The molecule has 0 bridgehead atoms. The molecule has 0 spiro atoms. The van der Waals surface area contributed by atoms with Gasteiger partial charge in [-0.05, 0) is 46.5 Å². The van der Waals surface area contributed by atoms with Crippen molar-refractivity contribution in [3.8, 4) is 0 Å². The zero-order valence-electron chi connectivity index (χ0n) is 11.5. The minimum absolute atomic E-state index is 0.502. The Morgan fingerprint density at radius 1 is 1.39 bits per heavy atom. The highest BCUT2D eigenvalue weighted by Crippen LogP contribution is 2.51. The number of nitrogens with zero attached hydrogens (tertiary/aromatic N) is 2. The third-order valence-electron chi connectivity index (χ3n) is 3.95. The van der Waals surface area contributed by atoms with Crippen LogP contribution < -0.4 is 5.32 Å². The van der Waals surface area contributed by atoms with Crippen molar-refractivity contribution in [2.75, 3.05) is 11.9 Å². The fraction of sp³-hybridized carbons (Fsp3) is 0.714. The van der Waals surface area contributed by atoms with Gasteiger partial charge >= 0.3 is 0 Å². The van der Waals surface area contributed by atoms with Crippen molar-refractivity contribution in [2.45, 2.75) is 46.5 Å². The summed E-state index contributed by atoms with van der Waals surface area (Å²) < 4.78 is 0.873. The number of nitrogens with one attached hydrogen (secondary N) is 1. The van der Waals surface area contributed by atoms with E-state index < -0.39 is 0 Å². The first-order chi connectivity index (χ1) is 8.55. The molecule has 0 aliphatic heterocycles. The maximum Gasteiger partial charge on any atom is 0.132 e. The van der Waals surface area contributed by atoms with Crippen LogP contribution >= 0.6 is 15.9 Å². The molecule has 1 fully saturated rings. The van der Waals surface area contributed by atoms with Crippen LogP contribution in [0, 0.1) is 11.3 Å². The van der Waals surface area contributed by atoms with Crippen LogP contribution in [0.5, 0.6) is 0 Å². The highest BCUT2D eigenvalue weighted by atomic mass is 79.9. The Kier molecular flexibility index (Phi) is 4.25. The quantitative estimate of drug-likeness (QED) is 0.806. The molecular formula is C14H22BrN3. The fourth-order valence-corrected chi connectivity index (χ4v) is 2.70. The van der Waals surface area contributed by atoms with Crippen LogP contribution in [-0.2, 0) is 6.42 Å². The second-order valence-corrected chi connectivity index (χ2v) is 6.43. The number of aromatic nitrogens is 2. The van der Waals surface area contributed by atoms with E-state index in [1.165, 1.54) is 12.8 Å². The van der Waals surface area contributed by atoms with Crippen molar-refractivity contribution in [1.29, 1.82) is 0 Å². The largest absolute Gasteiger partial charge is 0.369 e. The second kappa shape index (κ2) is 5.55. The first-order valence-electron chi connectivity index (χ1n) is 6.83. The van der Waals surface area contributed by atoms with Crippen LogP contribution in [0.3, 0.4) is 0 Å². The lowest BCUT2D eigenvalue weighted by atomic mass is 9.92. The zero-order valence-corrected chi connectivity index (χ0v) is 13.0. The fourth-order valence-electron chi connectivity index (χ4n) is 2.28. The normalized spacial score (nSPS) is 16.9. The summed E-state index contributed by atoms with van der Waals surface area (Å²) >= 11 is 3.46. The summed E-state index contributed by atoms with van der Waals surface area (Å²) in [5.74, 6) is 2.61. The van der Waals surface area contributed by atoms with E-state index >= 15 is 0 Å². The van der Waals surface area contributed by atoms with Gasteiger partial charge in [0.25, 0.3) is 0 Å². The molecule has 0 aromatic carbocycles. The SMILES string of the molecule is CCCc1nc(Br)cc(NCC2(C(C)C)CC2)n1. The molecule has 1 aromatic heterocycles. The summed E-state index contributed by atoms with van der Waals surface area (Å²) in [4.78, 5) is 8.95. The molecule has 1 aliphatic rings. The maximum atomic E-state index is 4.56. The lowest BCUT2D eigenvalue weighted by Gasteiger charge is -2.20. The number of aryl methyl sites for hydroxylation is 1. The summed E-state index contributed by atoms with van der Waals surface area (Å²) in [6.45, 7) is 7.80. The molecule has 1 N–H and O–H groups in total. The third kappa shape index (κ3) is 3.22. The van der Waals surface area contributed by atoms with Gasteiger partial charge in [-0.25, -0.2) is 9.97 Å². The minimum Gasteiger partial charge on any atom is -0.369 e. The molecule has 0 amide bonds. The molecule has 1 aliphatic carbocycles. The molecule has 18 heavy (non-hydrogen) atoms. The second-order valence-electron chi connectivity index (χ2n) is 5.61. The molecule has 1 saturated carbocycles. The Bertz CT molecular complexity index is 414. The standard InChI is InChI=1S/C14H22BrN3/c1-4-5-12-17-11(15)8-13(18-12)16-9-14(6-7-14)10(2)3/h8,10H,4-7,9H2,1-3H3,(H,16,17,18). The molecule has 1 heterocycles. The number of hydrogen-bond acceptors (Lipinski definition) is 3. The van der Waals surface area contributed by atoms with Gasteiger partial charge in [0.05, 0.1) is 0 Å². The van der Waals surface area contributed by atoms with Gasteiger partial charge in [0.15, 0.2) is 0 Å². The van der Waals surface area contributed by atoms with Crippen molar-refractivity contribution in [1.82, 2.24) is 9.97 Å². The van der Waals surface area contributed by atoms with E-state index in [2.05, 4.69) is 52.0 Å². The molecule has 0 atom stereocenters. The lowest BCUT2D eigenvalue weighted by Crippen LogP contribution is -2.21. The maximum absolute atomic E-state index is 4.56. The van der Waals surface area contributed by atoms with Crippen molar-refractivity contribution in [3.63, 3.8) is 0 Å².